The Hall–Kier alpha value is -2.24. The fourth-order valence-electron chi connectivity index (χ4n) is 4.20. The number of carbonyl (C=O) groups is 4. The molecular formula is C20H31ClN6O4S. The van der Waals surface area contributed by atoms with Crippen LogP contribution in [0.1, 0.15) is 46.1 Å². The molecule has 178 valence electrons. The molecule has 3 rings (SSSR count). The van der Waals surface area contributed by atoms with E-state index < -0.39 is 23.9 Å². The van der Waals surface area contributed by atoms with Crippen LogP contribution in [0.5, 0.6) is 0 Å². The normalized spacial score (nSPS) is 23.2. The molecule has 4 N–H and O–H groups in total. The second-order valence-corrected chi connectivity index (χ2v) is 9.58. The van der Waals surface area contributed by atoms with Gasteiger partial charge in [0.15, 0.2) is 5.01 Å². The molecule has 0 saturated heterocycles. The Balaban J connectivity index is 0.00000363. The third-order valence-electron chi connectivity index (χ3n) is 5.84. The van der Waals surface area contributed by atoms with Crippen LogP contribution in [0.3, 0.4) is 0 Å². The van der Waals surface area contributed by atoms with Gasteiger partial charge in [0.25, 0.3) is 5.91 Å². The maximum Gasteiger partial charge on any atom is 0.309 e. The first-order chi connectivity index (χ1) is 14.7. The molecule has 2 heterocycles. The molecule has 1 fully saturated rings. The minimum absolute atomic E-state index is 0. The molecule has 1 aliphatic carbocycles. The Morgan fingerprint density at radius 1 is 1.16 bits per heavy atom. The predicted molar refractivity (Wildman–Crippen MR) is 122 cm³/mol. The first kappa shape index (κ1) is 26.0. The van der Waals surface area contributed by atoms with Crippen LogP contribution in [0.15, 0.2) is 0 Å². The number of nitrogens with one attached hydrogen (secondary N) is 2. The molecule has 3 atom stereocenters. The fraction of sp³-hybridized carbons (Fsp3) is 0.650. The Kier molecular flexibility index (Phi) is 8.99. The minimum atomic E-state index is -1.08. The molecule has 0 unspecified atom stereocenters. The Morgan fingerprint density at radius 2 is 1.88 bits per heavy atom. The second-order valence-electron chi connectivity index (χ2n) is 8.50. The Bertz CT molecular complexity index is 876. The van der Waals surface area contributed by atoms with Gasteiger partial charge in [0.2, 0.25) is 5.91 Å². The number of carbonyl (C=O) groups excluding carboxylic acids is 4. The van der Waals surface area contributed by atoms with Gasteiger partial charge in [-0.1, -0.05) is 0 Å². The first-order valence-electron chi connectivity index (χ1n) is 10.4. The van der Waals surface area contributed by atoms with Gasteiger partial charge in [-0.3, -0.25) is 19.2 Å². The van der Waals surface area contributed by atoms with Gasteiger partial charge >= 0.3 is 11.8 Å². The number of nitrogens with zero attached hydrogens (tertiary/aromatic N) is 3. The molecule has 1 aliphatic heterocycles. The topological polar surface area (TPSA) is 138 Å². The number of aromatic nitrogens is 1. The molecule has 1 aromatic rings. The summed E-state index contributed by atoms with van der Waals surface area (Å²) >= 11 is 1.38. The third kappa shape index (κ3) is 6.17. The van der Waals surface area contributed by atoms with Gasteiger partial charge in [0.1, 0.15) is 0 Å². The number of halogens is 1. The minimum Gasteiger partial charge on any atom is -0.361 e. The summed E-state index contributed by atoms with van der Waals surface area (Å²) in [4.78, 5) is 57.9. The molecule has 32 heavy (non-hydrogen) atoms. The van der Waals surface area contributed by atoms with Gasteiger partial charge in [-0.05, 0) is 45.7 Å². The van der Waals surface area contributed by atoms with Crippen molar-refractivity contribution in [1.82, 2.24) is 25.4 Å². The van der Waals surface area contributed by atoms with Gasteiger partial charge in [-0.2, -0.15) is 0 Å². The van der Waals surface area contributed by atoms with Gasteiger partial charge in [0.05, 0.1) is 11.7 Å². The summed E-state index contributed by atoms with van der Waals surface area (Å²) in [5.41, 5.74) is 6.04. The lowest BCUT2D eigenvalue weighted by Crippen LogP contribution is -2.57. The van der Waals surface area contributed by atoms with E-state index in [1.54, 1.807) is 14.1 Å². The molecule has 0 bridgehead atoms. The van der Waals surface area contributed by atoms with E-state index in [4.69, 9.17) is 5.73 Å². The SMILES string of the molecule is CN1CCCc2nc(C(=O)N[C@@H]3C[C@@H](C(=O)N(C)C)CC[C@H]3NC(=O)C(N)=O)sc2C1.Cl. The van der Waals surface area contributed by atoms with Crippen molar-refractivity contribution in [3.05, 3.63) is 15.6 Å². The first-order valence-corrected chi connectivity index (χ1v) is 11.3. The molecule has 0 spiro atoms. The van der Waals surface area contributed by atoms with Crippen LogP contribution >= 0.6 is 23.7 Å². The van der Waals surface area contributed by atoms with E-state index in [9.17, 15) is 19.2 Å². The lowest BCUT2D eigenvalue weighted by Gasteiger charge is -2.36. The predicted octanol–water partition coefficient (Wildman–Crippen LogP) is -0.100. The van der Waals surface area contributed by atoms with E-state index >= 15 is 0 Å². The van der Waals surface area contributed by atoms with E-state index in [1.165, 1.54) is 16.2 Å². The summed E-state index contributed by atoms with van der Waals surface area (Å²) < 4.78 is 0. The zero-order valence-electron chi connectivity index (χ0n) is 18.6. The molecule has 0 radical (unpaired) electrons. The number of fused-ring (bicyclic) bond motifs is 1. The van der Waals surface area contributed by atoms with Crippen LogP contribution in [-0.4, -0.2) is 78.2 Å². The van der Waals surface area contributed by atoms with Crippen LogP contribution in [0.4, 0.5) is 0 Å². The highest BCUT2D eigenvalue weighted by Gasteiger charge is 2.37. The average Bonchev–Trinajstić information content (AvgIpc) is 3.02. The van der Waals surface area contributed by atoms with Crippen molar-refractivity contribution in [2.24, 2.45) is 11.7 Å². The summed E-state index contributed by atoms with van der Waals surface area (Å²) in [7, 11) is 5.43. The molecule has 10 nitrogen and oxygen atoms in total. The zero-order chi connectivity index (χ0) is 22.7. The Morgan fingerprint density at radius 3 is 2.53 bits per heavy atom. The van der Waals surface area contributed by atoms with E-state index in [2.05, 4.69) is 20.5 Å². The molecule has 4 amide bonds. The highest BCUT2D eigenvalue weighted by atomic mass is 35.5. The summed E-state index contributed by atoms with van der Waals surface area (Å²) in [6.07, 6.45) is 3.19. The van der Waals surface area contributed by atoms with Crippen LogP contribution in [-0.2, 0) is 27.3 Å². The maximum atomic E-state index is 13.0. The molecule has 1 aromatic heterocycles. The number of rotatable bonds is 4. The number of hydrogen-bond acceptors (Lipinski definition) is 7. The smallest absolute Gasteiger partial charge is 0.309 e. The van der Waals surface area contributed by atoms with E-state index in [-0.39, 0.29) is 30.1 Å². The van der Waals surface area contributed by atoms with Crippen molar-refractivity contribution >= 4 is 47.4 Å². The quantitative estimate of drug-likeness (QED) is 0.508. The number of aryl methyl sites for hydroxylation is 1. The van der Waals surface area contributed by atoms with Crippen molar-refractivity contribution in [3.63, 3.8) is 0 Å². The van der Waals surface area contributed by atoms with E-state index in [0.29, 0.717) is 24.3 Å². The number of nitrogens with two attached hydrogens (primary N) is 1. The van der Waals surface area contributed by atoms with Crippen molar-refractivity contribution in [2.45, 2.75) is 50.7 Å². The third-order valence-corrected chi connectivity index (χ3v) is 6.92. The fourth-order valence-corrected chi connectivity index (χ4v) is 5.29. The maximum absolute atomic E-state index is 13.0. The van der Waals surface area contributed by atoms with E-state index in [0.717, 1.165) is 36.5 Å². The lowest BCUT2D eigenvalue weighted by molar-refractivity contribution is -0.138. The number of amides is 4. The number of thiazole rings is 1. The summed E-state index contributed by atoms with van der Waals surface area (Å²) in [6.45, 7) is 1.76. The monoisotopic (exact) mass is 486 g/mol. The average molecular weight is 487 g/mol. The van der Waals surface area contributed by atoms with Gasteiger partial charge in [-0.25, -0.2) is 4.98 Å². The van der Waals surface area contributed by atoms with Crippen molar-refractivity contribution in [2.75, 3.05) is 27.7 Å². The Labute approximate surface area is 197 Å². The number of hydrogen-bond donors (Lipinski definition) is 3. The largest absolute Gasteiger partial charge is 0.361 e. The molecule has 1 saturated carbocycles. The van der Waals surface area contributed by atoms with Crippen molar-refractivity contribution in [1.29, 1.82) is 0 Å². The van der Waals surface area contributed by atoms with E-state index in [1.807, 2.05) is 7.05 Å². The van der Waals surface area contributed by atoms with Crippen LogP contribution < -0.4 is 16.4 Å². The second kappa shape index (κ2) is 11.1. The lowest BCUT2D eigenvalue weighted by atomic mass is 9.81. The van der Waals surface area contributed by atoms with Gasteiger partial charge < -0.3 is 26.2 Å². The zero-order valence-corrected chi connectivity index (χ0v) is 20.2. The van der Waals surface area contributed by atoms with Crippen molar-refractivity contribution < 1.29 is 19.2 Å². The summed E-state index contributed by atoms with van der Waals surface area (Å²) in [5.74, 6) is -2.61. The van der Waals surface area contributed by atoms with Crippen molar-refractivity contribution in [3.8, 4) is 0 Å². The molecule has 0 aromatic carbocycles. The molecular weight excluding hydrogens is 456 g/mol. The molecule has 2 aliphatic rings. The highest BCUT2D eigenvalue weighted by molar-refractivity contribution is 7.13. The van der Waals surface area contributed by atoms with Crippen LogP contribution in [0.2, 0.25) is 0 Å². The van der Waals surface area contributed by atoms with Crippen LogP contribution in [0, 0.1) is 5.92 Å². The summed E-state index contributed by atoms with van der Waals surface area (Å²) in [5, 5.41) is 5.92. The van der Waals surface area contributed by atoms with Crippen LogP contribution in [0.25, 0.3) is 0 Å². The van der Waals surface area contributed by atoms with Gasteiger partial charge in [0, 0.05) is 37.5 Å². The molecule has 12 heteroatoms. The summed E-state index contributed by atoms with van der Waals surface area (Å²) in [6, 6.07) is -0.996. The van der Waals surface area contributed by atoms with Gasteiger partial charge in [-0.15, -0.1) is 23.7 Å². The highest BCUT2D eigenvalue weighted by Crippen LogP contribution is 2.28. The number of primary amides is 1. The standard InChI is InChI=1S/C20H30N6O4S.ClH/c1-25(2)20(30)11-6-7-12(22-17(28)16(21)27)14(9-11)23-18(29)19-24-13-5-4-8-26(3)10-15(13)31-19;/h11-12,14H,4-10H2,1-3H3,(H2,21,27)(H,22,28)(H,23,29);1H/t11-,12+,14+;/m0./s1.